The fraction of sp³-hybridized carbons (Fsp3) is 0.404. The lowest BCUT2D eigenvalue weighted by Crippen LogP contribution is -2.55. The van der Waals surface area contributed by atoms with Crippen molar-refractivity contribution >= 4 is 44.3 Å². The van der Waals surface area contributed by atoms with Crippen LogP contribution in [-0.2, 0) is 21.7 Å². The number of allylic oxidation sites excluding steroid dienone is 2. The van der Waals surface area contributed by atoms with Crippen LogP contribution in [0.3, 0.4) is 0 Å². The van der Waals surface area contributed by atoms with Crippen LogP contribution < -0.4 is 14.2 Å². The molecule has 1 unspecified atom stereocenters. The summed E-state index contributed by atoms with van der Waals surface area (Å²) >= 11 is 0. The second kappa shape index (κ2) is 11.4. The van der Waals surface area contributed by atoms with Crippen molar-refractivity contribution in [2.24, 2.45) is 0 Å². The number of fused-ring (bicyclic) bond motifs is 4. The summed E-state index contributed by atoms with van der Waals surface area (Å²) in [5, 5.41) is 6.49. The first-order valence-corrected chi connectivity index (χ1v) is 18.7. The Morgan fingerprint density at radius 1 is 0.800 bits per heavy atom. The summed E-state index contributed by atoms with van der Waals surface area (Å²) in [7, 11) is 0. The lowest BCUT2D eigenvalue weighted by Gasteiger charge is -2.43. The van der Waals surface area contributed by atoms with E-state index in [0.29, 0.717) is 0 Å². The molecule has 0 spiro atoms. The highest BCUT2D eigenvalue weighted by atomic mass is 15.2. The number of hydrogen-bond acceptors (Lipinski definition) is 0. The Kier molecular flexibility index (Phi) is 7.79. The molecule has 1 aliphatic rings. The average molecular weight is 664 g/mol. The molecule has 3 heteroatoms. The number of rotatable bonds is 4. The maximum atomic E-state index is 4.62. The molecule has 3 aromatic heterocycles. The predicted octanol–water partition coefficient (Wildman–Crippen LogP) is 10.5. The van der Waals surface area contributed by atoms with E-state index in [4.69, 9.17) is 0 Å². The fourth-order valence-corrected chi connectivity index (χ4v) is 8.96. The molecule has 4 heterocycles. The van der Waals surface area contributed by atoms with Gasteiger partial charge in [0.25, 0.3) is 5.65 Å². The Hall–Kier alpha value is -4.24. The van der Waals surface area contributed by atoms with E-state index in [-0.39, 0.29) is 27.7 Å². The zero-order valence-electron chi connectivity index (χ0n) is 32.6. The molecule has 3 aromatic carbocycles. The van der Waals surface area contributed by atoms with Crippen molar-refractivity contribution in [3.05, 3.63) is 119 Å². The van der Waals surface area contributed by atoms with Gasteiger partial charge in [0.15, 0.2) is 17.2 Å². The largest absolute Gasteiger partial charge is 0.287 e. The Balaban J connectivity index is 1.80. The highest BCUT2D eigenvalue weighted by Crippen LogP contribution is 2.53. The monoisotopic (exact) mass is 663 g/mol. The molecule has 0 fully saturated rings. The van der Waals surface area contributed by atoms with Crippen LogP contribution in [0.1, 0.15) is 130 Å². The van der Waals surface area contributed by atoms with Gasteiger partial charge >= 0.3 is 0 Å². The Morgan fingerprint density at radius 2 is 1.46 bits per heavy atom. The van der Waals surface area contributed by atoms with Crippen LogP contribution in [0, 0.1) is 6.72 Å². The molecular weight excluding hydrogens is 607 g/mol. The molecule has 0 saturated carbocycles. The maximum Gasteiger partial charge on any atom is 0.287 e. The van der Waals surface area contributed by atoms with E-state index < -0.39 is 0 Å². The van der Waals surface area contributed by atoms with E-state index in [2.05, 4.69) is 188 Å². The third kappa shape index (κ3) is 4.90. The van der Waals surface area contributed by atoms with Crippen molar-refractivity contribution in [3.8, 4) is 0 Å². The molecule has 0 bridgehead atoms. The molecule has 6 aromatic rings. The standard InChI is InChI=1S/C47H57N3/c1-14-17-22-38-33-21-19-18-20-32(33)35(29-48(38)13)43-47(15-2,16-3)37-26-31(45(7,8)9)25-34-36(46(10,11)12)27-39-42(41(34)37)50(43)40-24-23-30(28-49(39)40)44(4,5)6/h14,17-29,43H,13,15-16H2,1-12H3/q+2. The maximum absolute atomic E-state index is 4.62. The fourth-order valence-electron chi connectivity index (χ4n) is 8.96. The zero-order valence-corrected chi connectivity index (χ0v) is 32.6. The number of hydrogen-bond donors (Lipinski definition) is 0. The third-order valence-electron chi connectivity index (χ3n) is 11.8. The summed E-state index contributed by atoms with van der Waals surface area (Å²) in [6.45, 7) is 32.8. The van der Waals surface area contributed by atoms with Gasteiger partial charge in [0.05, 0.1) is 10.9 Å². The van der Waals surface area contributed by atoms with Crippen LogP contribution in [0.25, 0.3) is 44.3 Å². The summed E-state index contributed by atoms with van der Waals surface area (Å²) in [6, 6.07) is 21.5. The number of aromatic nitrogens is 3. The minimum Gasteiger partial charge on any atom is -0.214 e. The van der Waals surface area contributed by atoms with Gasteiger partial charge in [-0.1, -0.05) is 119 Å². The van der Waals surface area contributed by atoms with E-state index in [1.54, 1.807) is 0 Å². The van der Waals surface area contributed by atoms with E-state index in [1.165, 1.54) is 66.0 Å². The molecule has 0 N–H and O–H groups in total. The first kappa shape index (κ1) is 34.2. The van der Waals surface area contributed by atoms with Crippen LogP contribution in [0.2, 0.25) is 0 Å². The van der Waals surface area contributed by atoms with Crippen molar-refractivity contribution in [1.29, 1.82) is 0 Å². The van der Waals surface area contributed by atoms with Crippen molar-refractivity contribution in [2.75, 3.05) is 0 Å². The summed E-state index contributed by atoms with van der Waals surface area (Å²) in [6.07, 6.45) is 13.2. The van der Waals surface area contributed by atoms with E-state index in [9.17, 15) is 0 Å². The quantitative estimate of drug-likeness (QED) is 0.167. The van der Waals surface area contributed by atoms with Gasteiger partial charge in [-0.15, -0.1) is 0 Å². The van der Waals surface area contributed by atoms with E-state index >= 15 is 0 Å². The van der Waals surface area contributed by atoms with Gasteiger partial charge in [0.1, 0.15) is 19.0 Å². The molecule has 7 rings (SSSR count). The second-order valence-corrected chi connectivity index (χ2v) is 17.9. The molecule has 0 aliphatic carbocycles. The van der Waals surface area contributed by atoms with Crippen molar-refractivity contribution in [1.82, 2.24) is 4.40 Å². The second-order valence-electron chi connectivity index (χ2n) is 17.9. The van der Waals surface area contributed by atoms with Crippen LogP contribution in [0.15, 0.2) is 79.1 Å². The Labute approximate surface area is 299 Å². The molecular formula is C47H57N3+2. The van der Waals surface area contributed by atoms with Crippen molar-refractivity contribution in [3.63, 3.8) is 0 Å². The molecule has 0 amide bonds. The van der Waals surface area contributed by atoms with E-state index in [0.717, 1.165) is 18.2 Å². The summed E-state index contributed by atoms with van der Waals surface area (Å²) < 4.78 is 7.38. The normalized spacial score (nSPS) is 17.0. The first-order valence-electron chi connectivity index (χ1n) is 18.7. The minimum absolute atomic E-state index is 0.00533. The molecule has 50 heavy (non-hydrogen) atoms. The van der Waals surface area contributed by atoms with Gasteiger partial charge in [-0.2, -0.15) is 8.64 Å². The SMILES string of the molecule is C=[n+]1cc(C2[n+]3c4c5c(cc(C(C)(C)C)cc5c(C(C)(C)C)cc4n4cc(C(C)(C)C)ccc43)C2(CC)CC)c2ccccc2c1=CC=CC. The first-order chi connectivity index (χ1) is 23.5. The number of imidazole rings is 1. The molecule has 0 radical (unpaired) electrons. The lowest BCUT2D eigenvalue weighted by atomic mass is 9.63. The smallest absolute Gasteiger partial charge is 0.214 e. The van der Waals surface area contributed by atoms with Crippen molar-refractivity contribution in [2.45, 2.75) is 124 Å². The van der Waals surface area contributed by atoms with Crippen molar-refractivity contribution < 1.29 is 8.81 Å². The molecule has 3 nitrogen and oxygen atoms in total. The van der Waals surface area contributed by atoms with Crippen LogP contribution in [0.4, 0.5) is 0 Å². The van der Waals surface area contributed by atoms with Crippen LogP contribution in [-0.4, -0.2) is 4.40 Å². The average Bonchev–Trinajstić information content (AvgIpc) is 3.38. The molecule has 1 atom stereocenters. The van der Waals surface area contributed by atoms with Gasteiger partial charge in [0, 0.05) is 28.3 Å². The van der Waals surface area contributed by atoms with Gasteiger partial charge in [-0.25, -0.2) is 4.57 Å². The van der Waals surface area contributed by atoms with Crippen LogP contribution in [0.5, 0.6) is 0 Å². The third-order valence-corrected chi connectivity index (χ3v) is 11.8. The topological polar surface area (TPSA) is 14.2 Å². The van der Waals surface area contributed by atoms with Gasteiger partial charge in [0.2, 0.25) is 5.35 Å². The van der Waals surface area contributed by atoms with Gasteiger partial charge < -0.3 is 0 Å². The van der Waals surface area contributed by atoms with Gasteiger partial charge in [-0.3, -0.25) is 0 Å². The molecule has 1 aliphatic heterocycles. The minimum atomic E-state index is -0.171. The van der Waals surface area contributed by atoms with Crippen LogP contribution >= 0.6 is 0 Å². The van der Waals surface area contributed by atoms with E-state index in [1.807, 2.05) is 0 Å². The molecule has 258 valence electrons. The molecule has 0 saturated heterocycles. The highest BCUT2D eigenvalue weighted by Gasteiger charge is 2.52. The Morgan fingerprint density at radius 3 is 2.06 bits per heavy atom. The zero-order chi connectivity index (χ0) is 36.1. The summed E-state index contributed by atoms with van der Waals surface area (Å²) in [4.78, 5) is 0. The number of nitrogens with zero attached hydrogens (tertiary/aromatic N) is 3. The highest BCUT2D eigenvalue weighted by molar-refractivity contribution is 6.09. The summed E-state index contributed by atoms with van der Waals surface area (Å²) in [5.41, 5.74) is 10.7. The summed E-state index contributed by atoms with van der Waals surface area (Å²) in [5.74, 6) is 0. The van der Waals surface area contributed by atoms with Gasteiger partial charge in [-0.05, 0) is 81.8 Å². The lowest BCUT2D eigenvalue weighted by molar-refractivity contribution is -0.676. The predicted molar refractivity (Wildman–Crippen MR) is 213 cm³/mol. The number of benzene rings is 3. The Bertz CT molecular complexity index is 2480. The number of pyridine rings is 2.